The summed E-state index contributed by atoms with van der Waals surface area (Å²) in [6, 6.07) is 29.4. The molecule has 11 rings (SSSR count). The lowest BCUT2D eigenvalue weighted by atomic mass is 10.1. The summed E-state index contributed by atoms with van der Waals surface area (Å²) in [4.78, 5) is 39.3. The third kappa shape index (κ3) is 7.70. The van der Waals surface area contributed by atoms with Crippen molar-refractivity contribution in [2.75, 3.05) is 62.4 Å². The minimum absolute atomic E-state index is 0.148. The Bertz CT molecular complexity index is 2840. The van der Waals surface area contributed by atoms with E-state index in [0.717, 1.165) is 63.5 Å². The molecule has 2 unspecified atom stereocenters. The lowest BCUT2D eigenvalue weighted by Crippen LogP contribution is -2.45. The van der Waals surface area contributed by atoms with E-state index in [4.69, 9.17) is 48.9 Å². The molecule has 3 aromatic carbocycles. The van der Waals surface area contributed by atoms with Gasteiger partial charge in [0.1, 0.15) is 46.0 Å². The second-order valence-electron chi connectivity index (χ2n) is 15.6. The Morgan fingerprint density at radius 2 is 1.56 bits per heavy atom. The number of imidazole rings is 2. The molecule has 3 saturated heterocycles. The van der Waals surface area contributed by atoms with Gasteiger partial charge in [-0.25, -0.2) is 19.9 Å². The molecule has 0 saturated carbocycles. The summed E-state index contributed by atoms with van der Waals surface area (Å²) in [7, 11) is 0. The number of morpholine rings is 2. The van der Waals surface area contributed by atoms with Crippen molar-refractivity contribution in [1.82, 2.24) is 39.5 Å². The number of ether oxygens (including phenoxy) is 4. The molecule has 0 aliphatic carbocycles. The third-order valence-corrected chi connectivity index (χ3v) is 12.3. The minimum atomic E-state index is -0.627. The van der Waals surface area contributed by atoms with E-state index >= 15 is 0 Å². The summed E-state index contributed by atoms with van der Waals surface area (Å²) in [6.07, 6.45) is 2.82. The van der Waals surface area contributed by atoms with E-state index in [1.807, 2.05) is 53.9 Å². The first-order valence-corrected chi connectivity index (χ1v) is 22.0. The monoisotopic (exact) mass is 848 g/mol. The number of aromatic hydroxyl groups is 1. The van der Waals surface area contributed by atoms with Gasteiger partial charge in [-0.2, -0.15) is 9.97 Å². The van der Waals surface area contributed by atoms with Crippen LogP contribution in [0.5, 0.6) is 11.5 Å². The van der Waals surface area contributed by atoms with Gasteiger partial charge < -0.3 is 38.8 Å². The van der Waals surface area contributed by atoms with Crippen LogP contribution in [0, 0.1) is 0 Å². The molecule has 0 amide bonds. The van der Waals surface area contributed by atoms with Gasteiger partial charge in [-0.15, -0.1) is 11.3 Å². The molecule has 8 heterocycles. The number of nitrogens with one attached hydrogen (secondary N) is 1. The summed E-state index contributed by atoms with van der Waals surface area (Å²) >= 11 is 1.59. The number of hydrogen-bond donors (Lipinski definition) is 2. The number of aromatic amines is 1. The molecular formula is C46H44N10O5S. The Balaban J connectivity index is 0.931. The van der Waals surface area contributed by atoms with Gasteiger partial charge in [0.15, 0.2) is 17.1 Å². The molecular weight excluding hydrogens is 805 g/mol. The van der Waals surface area contributed by atoms with Gasteiger partial charge in [-0.3, -0.25) is 4.57 Å². The number of benzene rings is 3. The second-order valence-corrected chi connectivity index (χ2v) is 16.5. The average molecular weight is 849 g/mol. The Kier molecular flexibility index (Phi) is 10.4. The summed E-state index contributed by atoms with van der Waals surface area (Å²) in [5, 5.41) is 12.4. The van der Waals surface area contributed by atoms with Crippen LogP contribution in [-0.4, -0.2) is 103 Å². The van der Waals surface area contributed by atoms with Crippen LogP contribution in [0.4, 0.5) is 11.9 Å². The van der Waals surface area contributed by atoms with Gasteiger partial charge in [0.2, 0.25) is 18.2 Å². The molecule has 0 spiro atoms. The van der Waals surface area contributed by atoms with E-state index in [9.17, 15) is 5.11 Å². The fourth-order valence-electron chi connectivity index (χ4n) is 8.41. The number of thiophene rings is 1. The molecule has 3 fully saturated rings. The molecule has 3 aliphatic heterocycles. The van der Waals surface area contributed by atoms with E-state index < -0.39 is 6.29 Å². The molecule has 3 aliphatic rings. The third-order valence-electron chi connectivity index (χ3n) is 11.4. The van der Waals surface area contributed by atoms with Crippen LogP contribution in [0.1, 0.15) is 36.9 Å². The van der Waals surface area contributed by atoms with E-state index in [2.05, 4.69) is 43.6 Å². The molecule has 16 heteroatoms. The molecule has 5 aromatic heterocycles. The van der Waals surface area contributed by atoms with E-state index in [-0.39, 0.29) is 12.0 Å². The molecule has 314 valence electrons. The number of phenols is 1. The van der Waals surface area contributed by atoms with E-state index in [0.29, 0.717) is 99.4 Å². The van der Waals surface area contributed by atoms with Crippen LogP contribution >= 0.6 is 11.3 Å². The van der Waals surface area contributed by atoms with Crippen molar-refractivity contribution >= 4 is 45.6 Å². The summed E-state index contributed by atoms with van der Waals surface area (Å²) < 4.78 is 27.2. The number of H-pyrrole nitrogens is 1. The van der Waals surface area contributed by atoms with Crippen molar-refractivity contribution in [2.45, 2.75) is 38.2 Å². The van der Waals surface area contributed by atoms with Crippen LogP contribution in [0.15, 0.2) is 96.4 Å². The molecule has 8 aromatic rings. The number of anilines is 2. The highest BCUT2D eigenvalue weighted by atomic mass is 32.1. The highest BCUT2D eigenvalue weighted by Gasteiger charge is 2.29. The quantitative estimate of drug-likeness (QED) is 0.138. The summed E-state index contributed by atoms with van der Waals surface area (Å²) in [6.45, 7) is 4.61. The lowest BCUT2D eigenvalue weighted by molar-refractivity contribution is -0.0866. The fourth-order valence-corrected chi connectivity index (χ4v) is 9.07. The minimum Gasteiger partial charge on any atom is -0.508 e. The first-order valence-electron chi connectivity index (χ1n) is 21.1. The predicted molar refractivity (Wildman–Crippen MR) is 237 cm³/mol. The Hall–Kier alpha value is -6.46. The van der Waals surface area contributed by atoms with Crippen LogP contribution in [0.3, 0.4) is 0 Å². The van der Waals surface area contributed by atoms with Crippen molar-refractivity contribution in [1.29, 1.82) is 0 Å². The first-order chi connectivity index (χ1) is 30.6. The van der Waals surface area contributed by atoms with Crippen molar-refractivity contribution in [3.05, 3.63) is 108 Å². The maximum absolute atomic E-state index is 10.4. The fraction of sp³-hybridized carbons (Fsp3) is 0.304. The zero-order valence-electron chi connectivity index (χ0n) is 33.9. The standard InChI is InChI=1S/C46H44N10O5S/c57-32-13-6-11-30(26-32)38-40-43(51-42(48-40)34-15-8-24-62-34)52-45(49-38)55-19-23-60-37(28-55)61-33-14-7-12-31(27-33)39-41-44(53-46(50-39)54-17-21-58-22-18-54)56(36-16-4-5-20-59-36)35(47-41)25-29-9-2-1-3-10-29/h1-3,6-15,24,26-27,36-37,57H,4-5,16-23,25,28H2,(H,48,49,51,52). The summed E-state index contributed by atoms with van der Waals surface area (Å²) in [5.41, 5.74) is 6.82. The SMILES string of the molecule is Oc1cccc(-c2nc(N3CCOC(Oc4cccc(-c5nc(N6CCOCC6)nc6c5nc(Cc5ccccc5)n6C5CCCCO5)c4)C3)nc3nc(-c4cccs4)[nH]c23)c1. The molecule has 15 nitrogen and oxygen atoms in total. The highest BCUT2D eigenvalue weighted by molar-refractivity contribution is 7.13. The Morgan fingerprint density at radius 3 is 2.39 bits per heavy atom. The maximum atomic E-state index is 10.4. The van der Waals surface area contributed by atoms with Gasteiger partial charge in [0.25, 0.3) is 0 Å². The van der Waals surface area contributed by atoms with Crippen LogP contribution < -0.4 is 14.5 Å². The molecule has 2 atom stereocenters. The summed E-state index contributed by atoms with van der Waals surface area (Å²) in [5.74, 6) is 3.51. The molecule has 2 N–H and O–H groups in total. The number of rotatable bonds is 10. The molecule has 62 heavy (non-hydrogen) atoms. The Morgan fingerprint density at radius 1 is 0.742 bits per heavy atom. The number of phenolic OH excluding ortho intramolecular Hbond substituents is 1. The second kappa shape index (κ2) is 16.8. The normalized spacial score (nSPS) is 18.5. The van der Waals surface area contributed by atoms with Gasteiger partial charge >= 0.3 is 0 Å². The van der Waals surface area contributed by atoms with E-state index in [1.54, 1.807) is 29.5 Å². The van der Waals surface area contributed by atoms with Gasteiger partial charge in [0, 0.05) is 43.8 Å². The van der Waals surface area contributed by atoms with Crippen LogP contribution in [0.2, 0.25) is 0 Å². The smallest absolute Gasteiger partial charge is 0.228 e. The first kappa shape index (κ1) is 38.5. The number of aromatic nitrogens is 8. The predicted octanol–water partition coefficient (Wildman–Crippen LogP) is 7.63. The van der Waals surface area contributed by atoms with Crippen LogP contribution in [0.25, 0.3) is 55.5 Å². The highest BCUT2D eigenvalue weighted by Crippen LogP contribution is 2.37. The number of nitrogens with zero attached hydrogens (tertiary/aromatic N) is 9. The van der Waals surface area contributed by atoms with Crippen molar-refractivity contribution in [2.24, 2.45) is 0 Å². The lowest BCUT2D eigenvalue weighted by Gasteiger charge is -2.33. The van der Waals surface area contributed by atoms with Crippen molar-refractivity contribution < 1.29 is 24.1 Å². The van der Waals surface area contributed by atoms with Crippen LogP contribution in [-0.2, 0) is 20.6 Å². The van der Waals surface area contributed by atoms with Gasteiger partial charge in [0.05, 0.1) is 31.2 Å². The molecule has 0 bridgehead atoms. The zero-order chi connectivity index (χ0) is 41.4. The Labute approximate surface area is 361 Å². The van der Waals surface area contributed by atoms with Gasteiger partial charge in [-0.05, 0) is 60.5 Å². The molecule has 0 radical (unpaired) electrons. The number of hydrogen-bond acceptors (Lipinski definition) is 14. The zero-order valence-corrected chi connectivity index (χ0v) is 34.7. The van der Waals surface area contributed by atoms with Gasteiger partial charge in [-0.1, -0.05) is 60.7 Å². The largest absolute Gasteiger partial charge is 0.508 e. The van der Waals surface area contributed by atoms with E-state index in [1.165, 1.54) is 0 Å². The maximum Gasteiger partial charge on any atom is 0.228 e. The number of fused-ring (bicyclic) bond motifs is 2. The average Bonchev–Trinajstić information content (AvgIpc) is 4.09. The van der Waals surface area contributed by atoms with Crippen molar-refractivity contribution in [3.63, 3.8) is 0 Å². The topological polar surface area (TPSA) is 162 Å². The van der Waals surface area contributed by atoms with Crippen molar-refractivity contribution in [3.8, 4) is 44.7 Å².